The van der Waals surface area contributed by atoms with E-state index in [1.54, 1.807) is 19.2 Å². The van der Waals surface area contributed by atoms with Crippen molar-refractivity contribution in [3.05, 3.63) is 75.8 Å². The fourth-order valence-corrected chi connectivity index (χ4v) is 2.66. The van der Waals surface area contributed by atoms with Crippen LogP contribution in [0.4, 0.5) is 10.5 Å². The van der Waals surface area contributed by atoms with Crippen molar-refractivity contribution in [3.8, 4) is 0 Å². The molecular formula is C21H25N3O6. The third-order valence-electron chi connectivity index (χ3n) is 4.23. The molecule has 2 amide bonds. The fourth-order valence-electron chi connectivity index (χ4n) is 2.66. The van der Waals surface area contributed by atoms with Crippen LogP contribution in [0.15, 0.2) is 54.6 Å². The standard InChI is InChI=1S/C21H25N3O6/c1-29-13-5-12-22-20(25)19(14-16-8-10-18(11-9-16)24(27)28)23-21(26)30-15-17-6-3-2-4-7-17/h2-4,6-11,19H,5,12-15H2,1H3,(H,22,25)(H,23,26)/t19-/m0/s1. The van der Waals surface area contributed by atoms with Crippen LogP contribution in [0.3, 0.4) is 0 Å². The normalized spacial score (nSPS) is 11.4. The van der Waals surface area contributed by atoms with Gasteiger partial charge in [-0.05, 0) is 17.5 Å². The van der Waals surface area contributed by atoms with Gasteiger partial charge in [0.2, 0.25) is 5.91 Å². The molecule has 160 valence electrons. The highest BCUT2D eigenvalue weighted by molar-refractivity contribution is 5.85. The van der Waals surface area contributed by atoms with Crippen LogP contribution in [0.2, 0.25) is 0 Å². The maximum absolute atomic E-state index is 12.6. The number of hydrogen-bond acceptors (Lipinski definition) is 6. The van der Waals surface area contributed by atoms with Crippen molar-refractivity contribution in [1.29, 1.82) is 0 Å². The largest absolute Gasteiger partial charge is 0.445 e. The summed E-state index contributed by atoms with van der Waals surface area (Å²) in [7, 11) is 1.57. The van der Waals surface area contributed by atoms with Gasteiger partial charge in [-0.1, -0.05) is 42.5 Å². The van der Waals surface area contributed by atoms with E-state index in [-0.39, 0.29) is 24.6 Å². The SMILES string of the molecule is COCCCNC(=O)[C@H](Cc1ccc([N+](=O)[O-])cc1)NC(=O)OCc1ccccc1. The third-order valence-corrected chi connectivity index (χ3v) is 4.23. The number of methoxy groups -OCH3 is 1. The predicted molar refractivity (Wildman–Crippen MR) is 110 cm³/mol. The topological polar surface area (TPSA) is 120 Å². The first-order valence-electron chi connectivity index (χ1n) is 9.47. The van der Waals surface area contributed by atoms with Crippen molar-refractivity contribution in [2.24, 2.45) is 0 Å². The van der Waals surface area contributed by atoms with Crippen LogP contribution >= 0.6 is 0 Å². The average Bonchev–Trinajstić information content (AvgIpc) is 2.76. The average molecular weight is 415 g/mol. The van der Waals surface area contributed by atoms with E-state index in [0.29, 0.717) is 25.1 Å². The zero-order valence-corrected chi connectivity index (χ0v) is 16.7. The Morgan fingerprint density at radius 1 is 1.07 bits per heavy atom. The number of nitrogens with zero attached hydrogens (tertiary/aromatic N) is 1. The summed E-state index contributed by atoms with van der Waals surface area (Å²) in [6.07, 6.45) is 0.0669. The summed E-state index contributed by atoms with van der Waals surface area (Å²) in [6, 6.07) is 14.1. The lowest BCUT2D eigenvalue weighted by Gasteiger charge is -2.18. The number of carbonyl (C=O) groups excluding carboxylic acids is 2. The van der Waals surface area contributed by atoms with E-state index < -0.39 is 17.1 Å². The monoisotopic (exact) mass is 415 g/mol. The fraction of sp³-hybridized carbons (Fsp3) is 0.333. The summed E-state index contributed by atoms with van der Waals surface area (Å²) >= 11 is 0. The first-order chi connectivity index (χ1) is 14.5. The van der Waals surface area contributed by atoms with Crippen LogP contribution in [-0.2, 0) is 27.3 Å². The lowest BCUT2D eigenvalue weighted by Crippen LogP contribution is -2.48. The molecule has 2 rings (SSSR count). The second kappa shape index (κ2) is 12.2. The maximum Gasteiger partial charge on any atom is 0.408 e. The van der Waals surface area contributed by atoms with Gasteiger partial charge < -0.3 is 20.1 Å². The molecule has 0 spiro atoms. The second-order valence-corrected chi connectivity index (χ2v) is 6.52. The highest BCUT2D eigenvalue weighted by atomic mass is 16.6. The number of nitrogens with one attached hydrogen (secondary N) is 2. The zero-order chi connectivity index (χ0) is 21.8. The molecule has 0 bridgehead atoms. The Morgan fingerprint density at radius 2 is 1.77 bits per heavy atom. The van der Waals surface area contributed by atoms with Crippen LogP contribution in [0, 0.1) is 10.1 Å². The smallest absolute Gasteiger partial charge is 0.408 e. The molecule has 2 aromatic rings. The van der Waals surface area contributed by atoms with Crippen molar-refractivity contribution in [1.82, 2.24) is 10.6 Å². The van der Waals surface area contributed by atoms with Gasteiger partial charge in [-0.3, -0.25) is 14.9 Å². The molecule has 0 unspecified atom stereocenters. The number of amides is 2. The Bertz CT molecular complexity index is 826. The van der Waals surface area contributed by atoms with Crippen LogP contribution in [0.5, 0.6) is 0 Å². The molecule has 2 aromatic carbocycles. The van der Waals surface area contributed by atoms with E-state index >= 15 is 0 Å². The molecule has 0 aromatic heterocycles. The first kappa shape index (κ1) is 22.8. The Labute approximate surface area is 174 Å². The molecule has 9 heteroatoms. The van der Waals surface area contributed by atoms with E-state index in [2.05, 4.69) is 10.6 Å². The summed E-state index contributed by atoms with van der Waals surface area (Å²) in [5.41, 5.74) is 1.44. The van der Waals surface area contributed by atoms with E-state index in [1.165, 1.54) is 12.1 Å². The molecule has 0 saturated heterocycles. The van der Waals surface area contributed by atoms with Crippen molar-refractivity contribution in [3.63, 3.8) is 0 Å². The molecule has 0 aliphatic carbocycles. The molecule has 0 radical (unpaired) electrons. The Morgan fingerprint density at radius 3 is 2.40 bits per heavy atom. The number of non-ortho nitro benzene ring substituents is 1. The van der Waals surface area contributed by atoms with Crippen molar-refractivity contribution in [2.45, 2.75) is 25.5 Å². The zero-order valence-electron chi connectivity index (χ0n) is 16.7. The predicted octanol–water partition coefficient (Wildman–Crippen LogP) is 2.58. The molecule has 0 aliphatic heterocycles. The van der Waals surface area contributed by atoms with E-state index in [9.17, 15) is 19.7 Å². The highest BCUT2D eigenvalue weighted by Gasteiger charge is 2.22. The molecule has 9 nitrogen and oxygen atoms in total. The first-order valence-corrected chi connectivity index (χ1v) is 9.47. The van der Waals surface area contributed by atoms with Gasteiger partial charge >= 0.3 is 6.09 Å². The summed E-state index contributed by atoms with van der Waals surface area (Å²) < 4.78 is 10.2. The number of carbonyl (C=O) groups is 2. The summed E-state index contributed by atoms with van der Waals surface area (Å²) in [4.78, 5) is 35.1. The summed E-state index contributed by atoms with van der Waals surface area (Å²) in [5.74, 6) is -0.374. The van der Waals surface area contributed by atoms with Crippen LogP contribution in [-0.4, -0.2) is 43.2 Å². The molecule has 2 N–H and O–H groups in total. The molecule has 0 saturated carbocycles. The van der Waals surface area contributed by atoms with Crippen molar-refractivity contribution >= 4 is 17.7 Å². The van der Waals surface area contributed by atoms with E-state index in [0.717, 1.165) is 5.56 Å². The van der Waals surface area contributed by atoms with Gasteiger partial charge in [0.25, 0.3) is 5.69 Å². The summed E-state index contributed by atoms with van der Waals surface area (Å²) in [6.45, 7) is 0.969. The Kier molecular flexibility index (Phi) is 9.26. The minimum atomic E-state index is -0.891. The number of alkyl carbamates (subject to hydrolysis) is 1. The molecule has 0 fully saturated rings. The number of nitro benzene ring substituents is 1. The number of hydrogen-bond donors (Lipinski definition) is 2. The lowest BCUT2D eigenvalue weighted by atomic mass is 10.0. The number of ether oxygens (including phenoxy) is 2. The third kappa shape index (κ3) is 7.88. The van der Waals surface area contributed by atoms with Crippen LogP contribution < -0.4 is 10.6 Å². The van der Waals surface area contributed by atoms with Gasteiger partial charge in [0.15, 0.2) is 0 Å². The summed E-state index contributed by atoms with van der Waals surface area (Å²) in [5, 5.41) is 16.1. The number of nitro groups is 1. The molecular weight excluding hydrogens is 390 g/mol. The van der Waals surface area contributed by atoms with Crippen LogP contribution in [0.1, 0.15) is 17.5 Å². The van der Waals surface area contributed by atoms with Gasteiger partial charge in [-0.2, -0.15) is 0 Å². The quantitative estimate of drug-likeness (QED) is 0.331. The number of benzene rings is 2. The molecule has 30 heavy (non-hydrogen) atoms. The van der Waals surface area contributed by atoms with Gasteiger partial charge in [0.05, 0.1) is 4.92 Å². The maximum atomic E-state index is 12.6. The van der Waals surface area contributed by atoms with Crippen molar-refractivity contribution < 1.29 is 24.0 Å². The molecule has 1 atom stereocenters. The van der Waals surface area contributed by atoms with E-state index in [4.69, 9.17) is 9.47 Å². The Balaban J connectivity index is 1.99. The number of rotatable bonds is 11. The van der Waals surface area contributed by atoms with Gasteiger partial charge in [-0.15, -0.1) is 0 Å². The van der Waals surface area contributed by atoms with E-state index in [1.807, 2.05) is 30.3 Å². The van der Waals surface area contributed by atoms with Gasteiger partial charge in [-0.25, -0.2) is 4.79 Å². The minimum absolute atomic E-state index is 0.0467. The Hall–Kier alpha value is -3.46. The molecule has 0 heterocycles. The van der Waals surface area contributed by atoms with Gasteiger partial charge in [0, 0.05) is 38.8 Å². The lowest BCUT2D eigenvalue weighted by molar-refractivity contribution is -0.384. The van der Waals surface area contributed by atoms with Crippen LogP contribution in [0.25, 0.3) is 0 Å². The second-order valence-electron chi connectivity index (χ2n) is 6.52. The molecule has 0 aliphatic rings. The minimum Gasteiger partial charge on any atom is -0.445 e. The van der Waals surface area contributed by atoms with Crippen molar-refractivity contribution in [2.75, 3.05) is 20.3 Å². The highest BCUT2D eigenvalue weighted by Crippen LogP contribution is 2.13. The van der Waals surface area contributed by atoms with Gasteiger partial charge in [0.1, 0.15) is 12.6 Å².